The summed E-state index contributed by atoms with van der Waals surface area (Å²) in [5.41, 5.74) is 25.7. The summed E-state index contributed by atoms with van der Waals surface area (Å²) in [7, 11) is 0. The minimum absolute atomic E-state index is 0.0599. The summed E-state index contributed by atoms with van der Waals surface area (Å²) >= 11 is 0. The highest BCUT2D eigenvalue weighted by atomic mass is 16.3. The Hall–Kier alpha value is -6.46. The van der Waals surface area contributed by atoms with E-state index in [1.54, 1.807) is 0 Å². The molecule has 2 aliphatic rings. The molecule has 0 saturated carbocycles. The highest BCUT2D eigenvalue weighted by Gasteiger charge is 2.44. The van der Waals surface area contributed by atoms with Crippen LogP contribution in [0.5, 0.6) is 0 Å². The first-order chi connectivity index (χ1) is 28.3. The number of nitrogens with two attached hydrogens (primary N) is 1. The third-order valence-corrected chi connectivity index (χ3v) is 13.7. The molecule has 10 aromatic rings. The molecule has 0 bridgehead atoms. The number of fused-ring (bicyclic) bond motifs is 13. The van der Waals surface area contributed by atoms with Gasteiger partial charge in [0.05, 0.1) is 5.39 Å². The fourth-order valence-corrected chi connectivity index (χ4v) is 10.7. The normalized spacial score (nSPS) is 13.8. The van der Waals surface area contributed by atoms with Gasteiger partial charge in [0.25, 0.3) is 0 Å². The first-order valence-corrected chi connectivity index (χ1v) is 21.0. The molecule has 0 radical (unpaired) electrons. The number of nitrogens with zero attached hydrogens (tertiary/aromatic N) is 2. The van der Waals surface area contributed by atoms with Gasteiger partial charge in [0.15, 0.2) is 0 Å². The van der Waals surface area contributed by atoms with E-state index in [4.69, 9.17) is 10.2 Å². The Labute approximate surface area is 344 Å². The summed E-state index contributed by atoms with van der Waals surface area (Å²) in [5, 5.41) is 9.81. The van der Waals surface area contributed by atoms with Crippen LogP contribution in [0.2, 0.25) is 0 Å². The maximum Gasteiger partial charge on any atom is 0.333 e. The quantitative estimate of drug-likeness (QED) is 0.103. The SMILES string of the molecule is Cc1c2ccccc2c(C)c2cc3c(cc12)B1c2c(cc(N)cc2N3c2cc(C(C)(C)C)cc(C(C)(C)C)c2)-c2cc3c4ccccc4oc3c3c4ccccc4n1c23. The molecule has 2 N–H and O–H groups in total. The number of nitrogen functional groups attached to an aromatic ring is 1. The van der Waals surface area contributed by atoms with E-state index in [9.17, 15) is 0 Å². The highest BCUT2D eigenvalue weighted by molar-refractivity contribution is 6.90. The summed E-state index contributed by atoms with van der Waals surface area (Å²) in [6.07, 6.45) is 0. The Bertz CT molecular complexity index is 3480. The first-order valence-electron chi connectivity index (χ1n) is 21.0. The van der Waals surface area contributed by atoms with Gasteiger partial charge in [-0.2, -0.15) is 0 Å². The molecule has 0 fully saturated rings. The molecular formula is C54H46BN3O. The first kappa shape index (κ1) is 34.6. The lowest BCUT2D eigenvalue weighted by Crippen LogP contribution is -2.56. The van der Waals surface area contributed by atoms with Crippen LogP contribution in [0.25, 0.3) is 76.4 Å². The van der Waals surface area contributed by atoms with Crippen LogP contribution >= 0.6 is 0 Å². The molecule has 8 aromatic carbocycles. The number of benzene rings is 8. The van der Waals surface area contributed by atoms with Gasteiger partial charge in [-0.05, 0) is 133 Å². The number of hydrogen-bond donors (Lipinski definition) is 1. The van der Waals surface area contributed by atoms with Gasteiger partial charge in [-0.15, -0.1) is 0 Å². The maximum atomic E-state index is 7.14. The Morgan fingerprint density at radius 1 is 0.559 bits per heavy atom. The Balaban J connectivity index is 1.30. The lowest BCUT2D eigenvalue weighted by molar-refractivity contribution is 0.569. The van der Waals surface area contributed by atoms with E-state index < -0.39 is 0 Å². The van der Waals surface area contributed by atoms with Gasteiger partial charge in [0.1, 0.15) is 11.2 Å². The van der Waals surface area contributed by atoms with Crippen molar-refractivity contribution in [3.05, 3.63) is 144 Å². The minimum Gasteiger partial charge on any atom is -0.455 e. The predicted octanol–water partition coefficient (Wildman–Crippen LogP) is 13.2. The number of furan rings is 1. The van der Waals surface area contributed by atoms with Crippen LogP contribution in [0.1, 0.15) is 63.8 Å². The van der Waals surface area contributed by atoms with Gasteiger partial charge in [0, 0.05) is 55.5 Å². The lowest BCUT2D eigenvalue weighted by atomic mass is 9.45. The minimum atomic E-state index is -0.118. The topological polar surface area (TPSA) is 47.3 Å². The second-order valence-electron chi connectivity index (χ2n) is 19.3. The number of aromatic nitrogens is 1. The van der Waals surface area contributed by atoms with Crippen molar-refractivity contribution >= 4 is 106 Å². The number of rotatable bonds is 1. The second kappa shape index (κ2) is 11.4. The molecule has 2 aliphatic heterocycles. The average molecular weight is 764 g/mol. The van der Waals surface area contributed by atoms with Gasteiger partial charge < -0.3 is 19.5 Å². The van der Waals surface area contributed by atoms with Crippen LogP contribution < -0.4 is 21.6 Å². The molecule has 5 heteroatoms. The van der Waals surface area contributed by atoms with E-state index >= 15 is 0 Å². The fourth-order valence-electron chi connectivity index (χ4n) is 10.7. The van der Waals surface area contributed by atoms with E-state index in [2.05, 4.69) is 186 Å². The molecule has 4 nitrogen and oxygen atoms in total. The molecule has 12 rings (SSSR count). The monoisotopic (exact) mass is 763 g/mol. The van der Waals surface area contributed by atoms with E-state index in [1.807, 2.05) is 0 Å². The lowest BCUT2D eigenvalue weighted by Gasteiger charge is -2.41. The van der Waals surface area contributed by atoms with E-state index in [0.717, 1.165) is 44.4 Å². The zero-order chi connectivity index (χ0) is 40.4. The van der Waals surface area contributed by atoms with Crippen LogP contribution in [-0.4, -0.2) is 11.3 Å². The van der Waals surface area contributed by atoms with E-state index in [-0.39, 0.29) is 17.7 Å². The molecule has 0 unspecified atom stereocenters. The summed E-state index contributed by atoms with van der Waals surface area (Å²) in [4.78, 5) is 2.55. The Morgan fingerprint density at radius 3 is 1.85 bits per heavy atom. The number of aryl methyl sites for hydroxylation is 2. The van der Waals surface area contributed by atoms with E-state index in [1.165, 1.54) is 88.0 Å². The standard InChI is InChI=1S/C54H46BN3O/c1-29-35-15-9-10-16-36(35)30(2)40-28-46-44(27-39(29)40)55-50-41(24-33(56)25-47(50)57(46)34-22-31(53(3,4)5)21-32(23-34)54(6,7)8)42-26-43-37-17-12-14-20-48(37)59-52(43)49-38-18-11-13-19-45(38)58(55)51(42)49/h9-28H,56H2,1-8H3. The molecule has 59 heavy (non-hydrogen) atoms. The average Bonchev–Trinajstić information content (AvgIpc) is 3.76. The molecule has 0 atom stereocenters. The van der Waals surface area contributed by atoms with Crippen LogP contribution in [0.3, 0.4) is 0 Å². The second-order valence-corrected chi connectivity index (χ2v) is 19.3. The molecule has 0 saturated heterocycles. The van der Waals surface area contributed by atoms with Gasteiger partial charge in [0.2, 0.25) is 0 Å². The Morgan fingerprint density at radius 2 is 1.17 bits per heavy atom. The summed E-state index contributed by atoms with van der Waals surface area (Å²) in [5.74, 6) is 0. The van der Waals surface area contributed by atoms with E-state index in [0.29, 0.717) is 0 Å². The molecular weight excluding hydrogens is 717 g/mol. The molecule has 4 heterocycles. The molecule has 286 valence electrons. The van der Waals surface area contributed by atoms with Crippen molar-refractivity contribution in [3.63, 3.8) is 0 Å². The molecule has 0 spiro atoms. The van der Waals surface area contributed by atoms with Crippen molar-refractivity contribution in [2.45, 2.75) is 66.2 Å². The molecule has 2 aromatic heterocycles. The maximum absolute atomic E-state index is 7.14. The van der Waals surface area contributed by atoms with Crippen LogP contribution in [0, 0.1) is 13.8 Å². The molecule has 0 aliphatic carbocycles. The molecule has 0 amide bonds. The third kappa shape index (κ3) is 4.56. The van der Waals surface area contributed by atoms with Crippen molar-refractivity contribution in [1.29, 1.82) is 0 Å². The zero-order valence-electron chi connectivity index (χ0n) is 35.0. The highest BCUT2D eigenvalue weighted by Crippen LogP contribution is 2.51. The third-order valence-electron chi connectivity index (χ3n) is 13.7. The predicted molar refractivity (Wildman–Crippen MR) is 254 cm³/mol. The van der Waals surface area contributed by atoms with Crippen molar-refractivity contribution in [1.82, 2.24) is 4.48 Å². The fraction of sp³-hybridized carbons (Fsp3) is 0.185. The van der Waals surface area contributed by atoms with Crippen molar-refractivity contribution in [2.75, 3.05) is 10.6 Å². The smallest absolute Gasteiger partial charge is 0.333 e. The van der Waals surface area contributed by atoms with Crippen molar-refractivity contribution < 1.29 is 4.42 Å². The number of hydrogen-bond acceptors (Lipinski definition) is 3. The van der Waals surface area contributed by atoms with Gasteiger partial charge >= 0.3 is 6.85 Å². The van der Waals surface area contributed by atoms with Gasteiger partial charge in [-0.25, -0.2) is 0 Å². The van der Waals surface area contributed by atoms with Crippen LogP contribution in [-0.2, 0) is 10.8 Å². The zero-order valence-corrected chi connectivity index (χ0v) is 35.0. The van der Waals surface area contributed by atoms with Crippen LogP contribution in [0.4, 0.5) is 22.7 Å². The van der Waals surface area contributed by atoms with Crippen molar-refractivity contribution in [3.8, 4) is 11.1 Å². The van der Waals surface area contributed by atoms with Gasteiger partial charge in [-0.3, -0.25) is 0 Å². The number of anilines is 4. The summed E-state index contributed by atoms with van der Waals surface area (Å²) in [6, 6.07) is 45.4. The largest absolute Gasteiger partial charge is 0.455 e. The number of para-hydroxylation sites is 2. The Kier molecular flexibility index (Phi) is 6.67. The summed E-state index contributed by atoms with van der Waals surface area (Å²) < 4.78 is 9.46. The van der Waals surface area contributed by atoms with Gasteiger partial charge in [-0.1, -0.05) is 114 Å². The van der Waals surface area contributed by atoms with Crippen LogP contribution in [0.15, 0.2) is 126 Å². The van der Waals surface area contributed by atoms with Crippen molar-refractivity contribution in [2.24, 2.45) is 0 Å². The summed E-state index contributed by atoms with van der Waals surface area (Å²) in [6.45, 7) is 18.4.